The van der Waals surface area contributed by atoms with Crippen LogP contribution in [0.1, 0.15) is 54.8 Å². The van der Waals surface area contributed by atoms with E-state index in [2.05, 4.69) is 42.5 Å². The second kappa shape index (κ2) is 16.5. The molecule has 2 aromatic carbocycles. The number of nitrogens with zero attached hydrogens (tertiary/aromatic N) is 3. The molecule has 1 aromatic heterocycles. The molecule has 0 fully saturated rings. The lowest BCUT2D eigenvalue weighted by molar-refractivity contribution is -0.361. The molecule has 2 aliphatic heterocycles. The van der Waals surface area contributed by atoms with E-state index in [9.17, 15) is 4.79 Å². The zero-order chi connectivity index (χ0) is 38.5. The number of hydrogen-bond donors (Lipinski definition) is 2. The summed E-state index contributed by atoms with van der Waals surface area (Å²) in [6.45, 7) is 5.69. The average Bonchev–Trinajstić information content (AvgIpc) is 3.70. The Labute approximate surface area is 312 Å². The van der Waals surface area contributed by atoms with Crippen LogP contribution in [0, 0.1) is 19.8 Å². The Morgan fingerprint density at radius 1 is 0.906 bits per heavy atom. The number of amides is 2. The summed E-state index contributed by atoms with van der Waals surface area (Å²) in [7, 11) is 8.60. The van der Waals surface area contributed by atoms with Gasteiger partial charge in [-0.15, -0.1) is 0 Å². The summed E-state index contributed by atoms with van der Waals surface area (Å²) in [5, 5.41) is 5.96. The first-order chi connectivity index (χ1) is 25.3. The summed E-state index contributed by atoms with van der Waals surface area (Å²) in [6, 6.07) is 13.3. The van der Waals surface area contributed by atoms with Gasteiger partial charge >= 0.3 is 13.0 Å². The van der Waals surface area contributed by atoms with E-state index in [1.165, 1.54) is 0 Å². The van der Waals surface area contributed by atoms with Gasteiger partial charge in [0.15, 0.2) is 34.4 Å². The first kappa shape index (κ1) is 39.4. The van der Waals surface area contributed by atoms with Crippen LogP contribution in [0.25, 0.3) is 6.08 Å². The van der Waals surface area contributed by atoms with E-state index in [0.29, 0.717) is 52.3 Å². The van der Waals surface area contributed by atoms with Crippen molar-refractivity contribution in [1.82, 2.24) is 20.0 Å². The number of urea groups is 1. The molecule has 10 nitrogen and oxygen atoms in total. The molecule has 0 saturated carbocycles. The largest absolute Gasteiger partial charge is 0.737 e. The normalized spacial score (nSPS) is 15.5. The lowest BCUT2D eigenvalue weighted by atomic mass is 9.68. The first-order valence-electron chi connectivity index (χ1n) is 18.2. The molecule has 0 radical (unpaired) electrons. The Bertz CT molecular complexity index is 1910. The Kier molecular flexibility index (Phi) is 12.3. The van der Waals surface area contributed by atoms with Crippen molar-refractivity contribution in [3.8, 4) is 23.0 Å². The maximum absolute atomic E-state index is 16.0. The molecule has 0 bridgehead atoms. The number of aryl methyl sites for hydroxylation is 2. The lowest BCUT2D eigenvalue weighted by Crippen LogP contribution is -2.53. The minimum Gasteiger partial charge on any atom is -0.493 e. The van der Waals surface area contributed by atoms with Crippen LogP contribution in [0.2, 0.25) is 0 Å². The van der Waals surface area contributed by atoms with E-state index in [-0.39, 0.29) is 12.5 Å². The molecule has 3 heterocycles. The number of likely N-dealkylation sites (N-methyl/N-ethyl adjacent to an activating group) is 1. The highest BCUT2D eigenvalue weighted by atomic mass is 19.2. The fourth-order valence-corrected chi connectivity index (χ4v) is 7.75. The Morgan fingerprint density at radius 3 is 2.23 bits per heavy atom. The highest BCUT2D eigenvalue weighted by Crippen LogP contribution is 2.41. The highest BCUT2D eigenvalue weighted by Gasteiger charge is 2.52. The van der Waals surface area contributed by atoms with E-state index >= 15 is 8.63 Å². The number of carbonyl (C=O) groups excluding carboxylic acids is 1. The summed E-state index contributed by atoms with van der Waals surface area (Å²) in [5.41, 5.74) is 4.28. The SMILES string of the molecule is COc1ccc(CCN(C)CCCC(CNC(=O)NCC2=[N+]3C(=Cc4c(C)cc(C)n4[B-]3(F)F)C=C2)(c2ccc(OC)c(OC)c2)C(C)C)cc1OC. The van der Waals surface area contributed by atoms with Crippen LogP contribution in [0.15, 0.2) is 60.3 Å². The number of carbonyl (C=O) groups is 1. The van der Waals surface area contributed by atoms with Crippen molar-refractivity contribution >= 4 is 24.8 Å². The second-order valence-corrected chi connectivity index (χ2v) is 14.3. The summed E-state index contributed by atoms with van der Waals surface area (Å²) < 4.78 is 56.2. The van der Waals surface area contributed by atoms with Crippen LogP contribution in [-0.2, 0) is 11.8 Å². The average molecular weight is 734 g/mol. The third-order valence-electron chi connectivity index (χ3n) is 10.9. The van der Waals surface area contributed by atoms with Crippen LogP contribution in [0.4, 0.5) is 13.4 Å². The van der Waals surface area contributed by atoms with Crippen molar-refractivity contribution in [3.63, 3.8) is 0 Å². The third kappa shape index (κ3) is 8.10. The van der Waals surface area contributed by atoms with Crippen LogP contribution in [0.5, 0.6) is 23.0 Å². The predicted molar refractivity (Wildman–Crippen MR) is 207 cm³/mol. The number of nitrogens with one attached hydrogen (secondary N) is 2. The molecule has 0 saturated heterocycles. The summed E-state index contributed by atoms with van der Waals surface area (Å²) in [6.07, 6.45) is 7.60. The van der Waals surface area contributed by atoms with Crippen LogP contribution >= 0.6 is 0 Å². The van der Waals surface area contributed by atoms with E-state index in [1.54, 1.807) is 59.7 Å². The molecule has 13 heteroatoms. The number of methoxy groups -OCH3 is 4. The Morgan fingerprint density at radius 2 is 1.57 bits per heavy atom. The number of halogens is 2. The molecule has 53 heavy (non-hydrogen) atoms. The van der Waals surface area contributed by atoms with Gasteiger partial charge in [-0.3, -0.25) is 0 Å². The minimum atomic E-state index is -4.12. The van der Waals surface area contributed by atoms with Gasteiger partial charge in [0.05, 0.1) is 35.0 Å². The maximum atomic E-state index is 16.0. The first-order valence-corrected chi connectivity index (χ1v) is 18.2. The smallest absolute Gasteiger partial charge is 0.493 e. The summed E-state index contributed by atoms with van der Waals surface area (Å²) in [5.74, 6) is 2.78. The number of fused-ring (bicyclic) bond motifs is 2. The van der Waals surface area contributed by atoms with Gasteiger partial charge in [0.2, 0.25) is 0 Å². The number of ether oxygens (including phenoxy) is 4. The van der Waals surface area contributed by atoms with Crippen molar-refractivity contribution in [1.29, 1.82) is 0 Å². The van der Waals surface area contributed by atoms with E-state index < -0.39 is 18.4 Å². The number of allylic oxidation sites excluding steroid dienone is 1. The van der Waals surface area contributed by atoms with Gasteiger partial charge in [-0.25, -0.2) is 4.79 Å². The van der Waals surface area contributed by atoms with E-state index in [4.69, 9.17) is 18.9 Å². The zero-order valence-corrected chi connectivity index (χ0v) is 32.5. The second-order valence-electron chi connectivity index (χ2n) is 14.3. The molecule has 286 valence electrons. The predicted octanol–water partition coefficient (Wildman–Crippen LogP) is 6.59. The molecule has 1 atom stereocenters. The summed E-state index contributed by atoms with van der Waals surface area (Å²) >= 11 is 0. The fourth-order valence-electron chi connectivity index (χ4n) is 7.75. The molecule has 5 rings (SSSR count). The fraction of sp³-hybridized carbons (Fsp3) is 0.450. The van der Waals surface area contributed by atoms with Gasteiger partial charge in [0.1, 0.15) is 0 Å². The Balaban J connectivity index is 1.29. The zero-order valence-electron chi connectivity index (χ0n) is 32.5. The Hall–Kier alpha value is -4.78. The standard InChI is InChI=1S/C40H54BF2N5O5/c1-27(2)40(31-12-16-36(51-7)38(23-31)53-9,18-10-19-46(5)20-17-30-11-15-35(50-6)37(22-30)52-8)26-45-39(49)44-25-33-14-13-32-24-34-28(3)21-29(4)47(34)41(42,43)48(32)33/h11-16,21-24,27H,10,17-20,25-26H2,1-9H3,(H2,44,45,49). The number of hydrogen-bond acceptors (Lipinski definition) is 6. The lowest BCUT2D eigenvalue weighted by Gasteiger charge is -2.39. The molecule has 1 unspecified atom stereocenters. The van der Waals surface area contributed by atoms with E-state index in [1.807, 2.05) is 37.3 Å². The maximum Gasteiger partial charge on any atom is 0.737 e. The van der Waals surface area contributed by atoms with Gasteiger partial charge < -0.3 is 52.1 Å². The monoisotopic (exact) mass is 733 g/mol. The molecule has 3 aromatic rings. The van der Waals surface area contributed by atoms with Crippen molar-refractivity contribution in [3.05, 3.63) is 88.4 Å². The van der Waals surface area contributed by atoms with Gasteiger partial charge in [-0.1, -0.05) is 26.0 Å². The third-order valence-corrected chi connectivity index (χ3v) is 10.9. The number of rotatable bonds is 17. The van der Waals surface area contributed by atoms with Crippen LogP contribution in [0.3, 0.4) is 0 Å². The molecule has 2 N–H and O–H groups in total. The van der Waals surface area contributed by atoms with Crippen LogP contribution in [-0.4, -0.2) is 94.2 Å². The quantitative estimate of drug-likeness (QED) is 0.152. The minimum absolute atomic E-state index is 0.0540. The summed E-state index contributed by atoms with van der Waals surface area (Å²) in [4.78, 5) is 15.7. The van der Waals surface area contributed by atoms with Gasteiger partial charge in [0.25, 0.3) is 0 Å². The molecule has 0 spiro atoms. The van der Waals surface area contributed by atoms with Gasteiger partial charge in [-0.05, 0) is 105 Å². The van der Waals surface area contributed by atoms with Crippen molar-refractivity contribution in [2.24, 2.45) is 5.92 Å². The van der Waals surface area contributed by atoms with Crippen molar-refractivity contribution in [2.75, 3.05) is 61.7 Å². The molecule has 0 aliphatic carbocycles. The van der Waals surface area contributed by atoms with Gasteiger partial charge in [-0.2, -0.15) is 0 Å². The van der Waals surface area contributed by atoms with Crippen molar-refractivity contribution in [2.45, 2.75) is 52.4 Å². The van der Waals surface area contributed by atoms with Crippen molar-refractivity contribution < 1.29 is 36.9 Å². The topological polar surface area (TPSA) is 89.2 Å². The highest BCUT2D eigenvalue weighted by molar-refractivity contribution is 6.58. The molecular weight excluding hydrogens is 679 g/mol. The molecular formula is C40H54BF2N5O5. The van der Waals surface area contributed by atoms with Crippen LogP contribution < -0.4 is 29.6 Å². The number of benzene rings is 2. The van der Waals surface area contributed by atoms with Gasteiger partial charge in [0, 0.05) is 42.4 Å². The number of aromatic nitrogens is 1. The molecule has 2 amide bonds. The molecule has 2 aliphatic rings. The van der Waals surface area contributed by atoms with E-state index in [0.717, 1.165) is 58.0 Å².